The number of carbonyl (C=O) groups excluding carboxylic acids is 1. The van der Waals surface area contributed by atoms with Gasteiger partial charge in [0.25, 0.3) is 0 Å². The third kappa shape index (κ3) is 4.22. The minimum absolute atomic E-state index is 0.131. The van der Waals surface area contributed by atoms with Crippen LogP contribution < -0.4 is 5.32 Å². The Balaban J connectivity index is 1.50. The molecule has 0 radical (unpaired) electrons. The van der Waals surface area contributed by atoms with Gasteiger partial charge in [-0.1, -0.05) is 37.3 Å². The zero-order chi connectivity index (χ0) is 17.7. The lowest BCUT2D eigenvalue weighted by Gasteiger charge is -2.44. The molecule has 2 aliphatic rings. The molecule has 0 spiro atoms. The maximum atomic E-state index is 12.6. The summed E-state index contributed by atoms with van der Waals surface area (Å²) in [5, 5.41) is 12.8. The standard InChI is InChI=1S/C20H31N3O2/c1-2-18(16-24)23-13-11-22(12-14-23)15-19(25)21-20(9-6-10-20)17-7-4-3-5-8-17/h3-5,7-8,18,24H,2,6,9-16H2,1H3,(H,21,25). The minimum atomic E-state index is -0.148. The van der Waals surface area contributed by atoms with Crippen LogP contribution in [0.2, 0.25) is 0 Å². The molecule has 0 aromatic heterocycles. The molecule has 0 bridgehead atoms. The smallest absolute Gasteiger partial charge is 0.234 e. The van der Waals surface area contributed by atoms with Crippen molar-refractivity contribution in [2.75, 3.05) is 39.3 Å². The third-order valence-electron chi connectivity index (χ3n) is 5.88. The number of hydrogen-bond acceptors (Lipinski definition) is 4. The van der Waals surface area contributed by atoms with Gasteiger partial charge in [-0.15, -0.1) is 0 Å². The number of rotatable bonds is 7. The fraction of sp³-hybridized carbons (Fsp3) is 0.650. The third-order valence-corrected chi connectivity index (χ3v) is 5.88. The van der Waals surface area contributed by atoms with E-state index in [0.717, 1.165) is 45.4 Å². The number of carbonyl (C=O) groups is 1. The van der Waals surface area contributed by atoms with Gasteiger partial charge in [0.05, 0.1) is 18.7 Å². The van der Waals surface area contributed by atoms with Crippen molar-refractivity contribution in [1.82, 2.24) is 15.1 Å². The number of piperazine rings is 1. The molecule has 1 unspecified atom stereocenters. The van der Waals surface area contributed by atoms with E-state index in [0.29, 0.717) is 6.54 Å². The maximum Gasteiger partial charge on any atom is 0.234 e. The lowest BCUT2D eigenvalue weighted by Crippen LogP contribution is -2.56. The molecule has 5 heteroatoms. The van der Waals surface area contributed by atoms with Crippen molar-refractivity contribution < 1.29 is 9.90 Å². The van der Waals surface area contributed by atoms with Gasteiger partial charge in [0.1, 0.15) is 0 Å². The van der Waals surface area contributed by atoms with E-state index in [1.54, 1.807) is 0 Å². The second-order valence-electron chi connectivity index (χ2n) is 7.41. The first-order chi connectivity index (χ1) is 12.2. The molecule has 1 amide bonds. The predicted molar refractivity (Wildman–Crippen MR) is 99.3 cm³/mol. The van der Waals surface area contributed by atoms with Gasteiger partial charge in [0, 0.05) is 32.2 Å². The fourth-order valence-electron chi connectivity index (χ4n) is 4.07. The van der Waals surface area contributed by atoms with Gasteiger partial charge in [-0.2, -0.15) is 0 Å². The van der Waals surface area contributed by atoms with Gasteiger partial charge in [-0.3, -0.25) is 14.6 Å². The zero-order valence-corrected chi connectivity index (χ0v) is 15.3. The number of aliphatic hydroxyl groups excluding tert-OH is 1. The molecule has 1 aliphatic carbocycles. The maximum absolute atomic E-state index is 12.6. The second-order valence-corrected chi connectivity index (χ2v) is 7.41. The predicted octanol–water partition coefficient (Wildman–Crippen LogP) is 1.57. The van der Waals surface area contributed by atoms with E-state index >= 15 is 0 Å². The van der Waals surface area contributed by atoms with Crippen molar-refractivity contribution in [3.63, 3.8) is 0 Å². The first-order valence-electron chi connectivity index (χ1n) is 9.60. The lowest BCUT2D eigenvalue weighted by atomic mass is 9.72. The Bertz CT molecular complexity index is 547. The Morgan fingerprint density at radius 2 is 1.88 bits per heavy atom. The average molecular weight is 345 g/mol. The SMILES string of the molecule is CCC(CO)N1CCN(CC(=O)NC2(c3ccccc3)CCC2)CC1. The highest BCUT2D eigenvalue weighted by atomic mass is 16.3. The monoisotopic (exact) mass is 345 g/mol. The first-order valence-corrected chi connectivity index (χ1v) is 9.60. The van der Waals surface area contributed by atoms with E-state index < -0.39 is 0 Å². The van der Waals surface area contributed by atoms with E-state index in [9.17, 15) is 9.90 Å². The number of nitrogens with zero attached hydrogens (tertiary/aromatic N) is 2. The van der Waals surface area contributed by atoms with Crippen molar-refractivity contribution >= 4 is 5.91 Å². The number of amides is 1. The van der Waals surface area contributed by atoms with Gasteiger partial charge < -0.3 is 10.4 Å². The molecule has 1 aromatic rings. The number of aliphatic hydroxyl groups is 1. The normalized spacial score (nSPS) is 22.2. The van der Waals surface area contributed by atoms with Crippen LogP contribution >= 0.6 is 0 Å². The Kier molecular flexibility index (Phi) is 6.10. The fourth-order valence-corrected chi connectivity index (χ4v) is 4.07. The topological polar surface area (TPSA) is 55.8 Å². The molecule has 2 N–H and O–H groups in total. The highest BCUT2D eigenvalue weighted by Gasteiger charge is 2.40. The molecule has 1 aliphatic heterocycles. The molecule has 138 valence electrons. The van der Waals surface area contributed by atoms with Crippen LogP contribution in [0.25, 0.3) is 0 Å². The van der Waals surface area contributed by atoms with Gasteiger partial charge >= 0.3 is 0 Å². The molecule has 5 nitrogen and oxygen atoms in total. The minimum Gasteiger partial charge on any atom is -0.395 e. The molecular weight excluding hydrogens is 314 g/mol. The second kappa shape index (κ2) is 8.30. The van der Waals surface area contributed by atoms with Gasteiger partial charge in [-0.05, 0) is 31.2 Å². The quantitative estimate of drug-likeness (QED) is 0.788. The van der Waals surface area contributed by atoms with Crippen LogP contribution in [-0.4, -0.2) is 66.2 Å². The summed E-state index contributed by atoms with van der Waals surface area (Å²) < 4.78 is 0. The summed E-state index contributed by atoms with van der Waals surface area (Å²) in [4.78, 5) is 17.2. The highest BCUT2D eigenvalue weighted by Crippen LogP contribution is 2.41. The van der Waals surface area contributed by atoms with Crippen LogP contribution in [0.5, 0.6) is 0 Å². The van der Waals surface area contributed by atoms with Crippen molar-refractivity contribution in [2.45, 2.75) is 44.2 Å². The van der Waals surface area contributed by atoms with Crippen molar-refractivity contribution in [3.05, 3.63) is 35.9 Å². The number of nitrogens with one attached hydrogen (secondary N) is 1. The summed E-state index contributed by atoms with van der Waals surface area (Å²) in [7, 11) is 0. The van der Waals surface area contributed by atoms with E-state index in [1.807, 2.05) is 18.2 Å². The van der Waals surface area contributed by atoms with Crippen LogP contribution in [0.4, 0.5) is 0 Å². The van der Waals surface area contributed by atoms with E-state index in [4.69, 9.17) is 0 Å². The van der Waals surface area contributed by atoms with Crippen LogP contribution in [0.15, 0.2) is 30.3 Å². The summed E-state index contributed by atoms with van der Waals surface area (Å²) in [5.74, 6) is 0.131. The molecule has 1 atom stereocenters. The Morgan fingerprint density at radius 3 is 2.40 bits per heavy atom. The van der Waals surface area contributed by atoms with Crippen LogP contribution in [-0.2, 0) is 10.3 Å². The summed E-state index contributed by atoms with van der Waals surface area (Å²) in [6, 6.07) is 10.6. The molecule has 2 fully saturated rings. The number of hydrogen-bond donors (Lipinski definition) is 2. The molecule has 1 saturated carbocycles. The summed E-state index contributed by atoms with van der Waals surface area (Å²) in [6.45, 7) is 6.44. The van der Waals surface area contributed by atoms with E-state index in [1.165, 1.54) is 12.0 Å². The molecule has 25 heavy (non-hydrogen) atoms. The molecule has 1 aromatic carbocycles. The van der Waals surface area contributed by atoms with E-state index in [2.05, 4.69) is 34.2 Å². The first kappa shape index (κ1) is 18.4. The Hall–Kier alpha value is -1.43. The molecular formula is C20H31N3O2. The summed E-state index contributed by atoms with van der Waals surface area (Å²) in [6.07, 6.45) is 4.21. The summed E-state index contributed by atoms with van der Waals surface area (Å²) in [5.41, 5.74) is 1.08. The van der Waals surface area contributed by atoms with Crippen LogP contribution in [0, 0.1) is 0 Å². The molecule has 1 heterocycles. The average Bonchev–Trinajstić information content (AvgIpc) is 2.61. The highest BCUT2D eigenvalue weighted by molar-refractivity contribution is 5.79. The largest absolute Gasteiger partial charge is 0.395 e. The van der Waals surface area contributed by atoms with Crippen molar-refractivity contribution in [3.8, 4) is 0 Å². The van der Waals surface area contributed by atoms with Crippen molar-refractivity contribution in [1.29, 1.82) is 0 Å². The summed E-state index contributed by atoms with van der Waals surface area (Å²) >= 11 is 0. The van der Waals surface area contributed by atoms with Gasteiger partial charge in [-0.25, -0.2) is 0 Å². The van der Waals surface area contributed by atoms with E-state index in [-0.39, 0.29) is 24.1 Å². The van der Waals surface area contributed by atoms with Gasteiger partial charge in [0.15, 0.2) is 0 Å². The zero-order valence-electron chi connectivity index (χ0n) is 15.3. The van der Waals surface area contributed by atoms with Crippen molar-refractivity contribution in [2.24, 2.45) is 0 Å². The van der Waals surface area contributed by atoms with Gasteiger partial charge in [0.2, 0.25) is 5.91 Å². The Labute approximate surface area is 151 Å². The molecule has 3 rings (SSSR count). The van der Waals surface area contributed by atoms with Crippen LogP contribution in [0.1, 0.15) is 38.2 Å². The number of benzene rings is 1. The Morgan fingerprint density at radius 1 is 1.20 bits per heavy atom. The lowest BCUT2D eigenvalue weighted by molar-refractivity contribution is -0.126. The van der Waals surface area contributed by atoms with Crippen LogP contribution in [0.3, 0.4) is 0 Å². The molecule has 1 saturated heterocycles.